The SMILES string of the molecule is CCN(CC)CCOC(=O)C1=C(C)NC(=O)NC1c1ccccc1. The Labute approximate surface area is 142 Å². The van der Waals surface area contributed by atoms with Crippen LogP contribution < -0.4 is 10.6 Å². The van der Waals surface area contributed by atoms with E-state index in [1.54, 1.807) is 6.92 Å². The van der Waals surface area contributed by atoms with Crippen molar-refractivity contribution in [3.8, 4) is 0 Å². The first-order valence-corrected chi connectivity index (χ1v) is 8.29. The molecule has 0 saturated carbocycles. The van der Waals surface area contributed by atoms with Gasteiger partial charge in [0.15, 0.2) is 0 Å². The number of esters is 1. The van der Waals surface area contributed by atoms with Gasteiger partial charge >= 0.3 is 12.0 Å². The highest BCUT2D eigenvalue weighted by atomic mass is 16.5. The first-order valence-electron chi connectivity index (χ1n) is 8.29. The minimum absolute atomic E-state index is 0.318. The second-order valence-electron chi connectivity index (χ2n) is 5.64. The molecule has 0 spiro atoms. The van der Waals surface area contributed by atoms with Gasteiger partial charge < -0.3 is 20.3 Å². The second-order valence-corrected chi connectivity index (χ2v) is 5.64. The van der Waals surface area contributed by atoms with Crippen LogP contribution in [-0.2, 0) is 9.53 Å². The molecule has 1 atom stereocenters. The maximum Gasteiger partial charge on any atom is 0.338 e. The lowest BCUT2D eigenvalue weighted by atomic mass is 9.96. The quantitative estimate of drug-likeness (QED) is 0.752. The number of hydrogen-bond acceptors (Lipinski definition) is 4. The summed E-state index contributed by atoms with van der Waals surface area (Å²) in [6.07, 6.45) is 0. The van der Waals surface area contributed by atoms with Gasteiger partial charge in [0.05, 0.1) is 11.6 Å². The molecule has 6 nitrogen and oxygen atoms in total. The molecule has 0 fully saturated rings. The van der Waals surface area contributed by atoms with Crippen molar-refractivity contribution in [1.82, 2.24) is 15.5 Å². The first-order chi connectivity index (χ1) is 11.6. The molecular formula is C18H25N3O3. The maximum absolute atomic E-state index is 12.6. The van der Waals surface area contributed by atoms with Gasteiger partial charge in [0.25, 0.3) is 0 Å². The van der Waals surface area contributed by atoms with Crippen LogP contribution in [0.2, 0.25) is 0 Å². The number of carbonyl (C=O) groups excluding carboxylic acids is 2. The van der Waals surface area contributed by atoms with E-state index >= 15 is 0 Å². The van der Waals surface area contributed by atoms with Gasteiger partial charge in [-0.3, -0.25) is 0 Å². The van der Waals surface area contributed by atoms with E-state index in [9.17, 15) is 9.59 Å². The number of ether oxygens (including phenoxy) is 1. The van der Waals surface area contributed by atoms with Crippen molar-refractivity contribution >= 4 is 12.0 Å². The zero-order chi connectivity index (χ0) is 17.5. The highest BCUT2D eigenvalue weighted by Gasteiger charge is 2.32. The zero-order valence-electron chi connectivity index (χ0n) is 14.5. The molecule has 0 radical (unpaired) electrons. The molecule has 1 aliphatic heterocycles. The summed E-state index contributed by atoms with van der Waals surface area (Å²) in [5.74, 6) is -0.402. The van der Waals surface area contributed by atoms with E-state index < -0.39 is 12.0 Å². The van der Waals surface area contributed by atoms with Crippen LogP contribution in [-0.4, -0.2) is 43.1 Å². The van der Waals surface area contributed by atoms with Gasteiger partial charge in [0.1, 0.15) is 6.61 Å². The summed E-state index contributed by atoms with van der Waals surface area (Å²) >= 11 is 0. The van der Waals surface area contributed by atoms with Gasteiger partial charge in [-0.2, -0.15) is 0 Å². The summed E-state index contributed by atoms with van der Waals surface area (Å²) in [6, 6.07) is 8.59. The molecule has 6 heteroatoms. The molecule has 1 aliphatic rings. The number of urea groups is 1. The summed E-state index contributed by atoms with van der Waals surface area (Å²) < 4.78 is 5.44. The lowest BCUT2D eigenvalue weighted by molar-refractivity contribution is -0.140. The van der Waals surface area contributed by atoms with E-state index in [2.05, 4.69) is 29.4 Å². The van der Waals surface area contributed by atoms with Crippen LogP contribution >= 0.6 is 0 Å². The molecule has 0 aromatic heterocycles. The number of rotatable bonds is 7. The molecule has 24 heavy (non-hydrogen) atoms. The molecule has 2 N–H and O–H groups in total. The molecule has 1 heterocycles. The number of benzene rings is 1. The Morgan fingerprint density at radius 3 is 2.50 bits per heavy atom. The Bertz CT molecular complexity index is 609. The first kappa shape index (κ1) is 18.0. The third kappa shape index (κ3) is 4.35. The lowest BCUT2D eigenvalue weighted by Crippen LogP contribution is -2.45. The van der Waals surface area contributed by atoms with Crippen molar-refractivity contribution in [2.75, 3.05) is 26.2 Å². The van der Waals surface area contributed by atoms with Crippen LogP contribution in [0, 0.1) is 0 Å². The number of allylic oxidation sites excluding steroid dienone is 1. The van der Waals surface area contributed by atoms with Crippen molar-refractivity contribution in [3.63, 3.8) is 0 Å². The van der Waals surface area contributed by atoms with Crippen LogP contribution in [0.15, 0.2) is 41.6 Å². The van der Waals surface area contributed by atoms with Gasteiger partial charge in [-0.1, -0.05) is 44.2 Å². The number of amides is 2. The van der Waals surface area contributed by atoms with Crippen LogP contribution in [0.4, 0.5) is 4.79 Å². The summed E-state index contributed by atoms with van der Waals surface area (Å²) in [4.78, 5) is 26.5. The maximum atomic E-state index is 12.6. The number of hydrogen-bond donors (Lipinski definition) is 2. The van der Waals surface area contributed by atoms with Crippen LogP contribution in [0.25, 0.3) is 0 Å². The number of likely N-dealkylation sites (N-methyl/N-ethyl adjacent to an activating group) is 1. The second kappa shape index (κ2) is 8.49. The molecule has 0 aliphatic carbocycles. The molecule has 130 valence electrons. The molecule has 0 bridgehead atoms. The highest BCUT2D eigenvalue weighted by molar-refractivity contribution is 5.95. The number of carbonyl (C=O) groups is 2. The average Bonchev–Trinajstić information content (AvgIpc) is 2.58. The van der Waals surface area contributed by atoms with E-state index in [1.807, 2.05) is 30.3 Å². The molecule has 1 aromatic carbocycles. The van der Waals surface area contributed by atoms with E-state index in [1.165, 1.54) is 0 Å². The van der Waals surface area contributed by atoms with Gasteiger partial charge in [0.2, 0.25) is 0 Å². The fourth-order valence-corrected chi connectivity index (χ4v) is 2.74. The summed E-state index contributed by atoms with van der Waals surface area (Å²) in [7, 11) is 0. The third-order valence-corrected chi connectivity index (χ3v) is 4.16. The third-order valence-electron chi connectivity index (χ3n) is 4.16. The molecular weight excluding hydrogens is 306 g/mol. The van der Waals surface area contributed by atoms with E-state index in [0.29, 0.717) is 24.4 Å². The van der Waals surface area contributed by atoms with Crippen molar-refractivity contribution in [2.24, 2.45) is 0 Å². The van der Waals surface area contributed by atoms with Gasteiger partial charge in [-0.25, -0.2) is 9.59 Å². The minimum Gasteiger partial charge on any atom is -0.461 e. The standard InChI is InChI=1S/C18H25N3O3/c1-4-21(5-2)11-12-24-17(22)15-13(3)19-18(23)20-16(15)14-9-7-6-8-10-14/h6-10,16H,4-5,11-12H2,1-3H3,(H2,19,20,23). The predicted molar refractivity (Wildman–Crippen MR) is 92.3 cm³/mol. The van der Waals surface area contributed by atoms with Crippen LogP contribution in [0.1, 0.15) is 32.4 Å². The van der Waals surface area contributed by atoms with E-state index in [0.717, 1.165) is 18.7 Å². The van der Waals surface area contributed by atoms with Gasteiger partial charge in [0, 0.05) is 12.2 Å². The van der Waals surface area contributed by atoms with Crippen molar-refractivity contribution in [1.29, 1.82) is 0 Å². The number of nitrogens with one attached hydrogen (secondary N) is 2. The van der Waals surface area contributed by atoms with Crippen molar-refractivity contribution in [2.45, 2.75) is 26.8 Å². The predicted octanol–water partition coefficient (Wildman–Crippen LogP) is 2.20. The van der Waals surface area contributed by atoms with E-state index in [4.69, 9.17) is 4.74 Å². The summed E-state index contributed by atoms with van der Waals surface area (Å²) in [6.45, 7) is 8.72. The molecule has 0 saturated heterocycles. The number of nitrogens with zero attached hydrogens (tertiary/aromatic N) is 1. The molecule has 2 amide bonds. The minimum atomic E-state index is -0.499. The van der Waals surface area contributed by atoms with Crippen LogP contribution in [0.3, 0.4) is 0 Å². The van der Waals surface area contributed by atoms with Gasteiger partial charge in [-0.05, 0) is 25.6 Å². The largest absolute Gasteiger partial charge is 0.461 e. The fraction of sp³-hybridized carbons (Fsp3) is 0.444. The summed E-state index contributed by atoms with van der Waals surface area (Å²) in [5, 5.41) is 5.45. The Balaban J connectivity index is 2.13. The average molecular weight is 331 g/mol. The Kier molecular flexibility index (Phi) is 6.37. The highest BCUT2D eigenvalue weighted by Crippen LogP contribution is 2.27. The van der Waals surface area contributed by atoms with E-state index in [-0.39, 0.29) is 6.03 Å². The monoisotopic (exact) mass is 331 g/mol. The summed E-state index contributed by atoms with van der Waals surface area (Å²) in [5.41, 5.74) is 1.82. The fourth-order valence-electron chi connectivity index (χ4n) is 2.74. The lowest BCUT2D eigenvalue weighted by Gasteiger charge is -2.28. The Hall–Kier alpha value is -2.34. The topological polar surface area (TPSA) is 70.7 Å². The Morgan fingerprint density at radius 2 is 1.88 bits per heavy atom. The Morgan fingerprint density at radius 1 is 1.21 bits per heavy atom. The normalized spacial score (nSPS) is 17.5. The van der Waals surface area contributed by atoms with Crippen molar-refractivity contribution in [3.05, 3.63) is 47.2 Å². The van der Waals surface area contributed by atoms with Gasteiger partial charge in [-0.15, -0.1) is 0 Å². The van der Waals surface area contributed by atoms with Crippen LogP contribution in [0.5, 0.6) is 0 Å². The smallest absolute Gasteiger partial charge is 0.338 e. The molecule has 1 unspecified atom stereocenters. The van der Waals surface area contributed by atoms with Crippen molar-refractivity contribution < 1.29 is 14.3 Å². The molecule has 1 aromatic rings. The zero-order valence-corrected chi connectivity index (χ0v) is 14.5. The molecule has 2 rings (SSSR count).